The molecule has 3 amide bonds. The SMILES string of the molecule is CCC(C)C(NC(=O)C(N)CC(=O)O)C(=O)N1CCCC1C(=O)NC(Cc1ccccc1)C(=O)O. The van der Waals surface area contributed by atoms with Crippen LogP contribution in [-0.2, 0) is 30.4 Å². The molecule has 0 bridgehead atoms. The molecule has 1 aliphatic heterocycles. The molecular weight excluding hydrogens is 456 g/mol. The van der Waals surface area contributed by atoms with Gasteiger partial charge in [0.05, 0.1) is 12.5 Å². The fourth-order valence-electron chi connectivity index (χ4n) is 4.02. The summed E-state index contributed by atoms with van der Waals surface area (Å²) in [5, 5.41) is 23.6. The quantitative estimate of drug-likeness (QED) is 0.274. The Kier molecular flexibility index (Phi) is 10.2. The molecule has 1 saturated heterocycles. The van der Waals surface area contributed by atoms with Gasteiger partial charge >= 0.3 is 11.9 Å². The molecule has 0 aliphatic carbocycles. The molecule has 1 aliphatic rings. The number of carbonyl (C=O) groups is 5. The summed E-state index contributed by atoms with van der Waals surface area (Å²) < 4.78 is 0. The molecule has 11 nitrogen and oxygen atoms in total. The number of benzene rings is 1. The summed E-state index contributed by atoms with van der Waals surface area (Å²) in [6.45, 7) is 3.87. The number of hydrogen-bond donors (Lipinski definition) is 5. The van der Waals surface area contributed by atoms with Gasteiger partial charge in [0.15, 0.2) is 0 Å². The molecule has 35 heavy (non-hydrogen) atoms. The highest BCUT2D eigenvalue weighted by Gasteiger charge is 2.40. The lowest BCUT2D eigenvalue weighted by molar-refractivity contribution is -0.145. The van der Waals surface area contributed by atoms with E-state index in [1.807, 2.05) is 6.92 Å². The van der Waals surface area contributed by atoms with Crippen molar-refractivity contribution in [3.05, 3.63) is 35.9 Å². The maximum absolute atomic E-state index is 13.4. The van der Waals surface area contributed by atoms with Crippen LogP contribution in [0.2, 0.25) is 0 Å². The van der Waals surface area contributed by atoms with Gasteiger partial charge in [0.25, 0.3) is 0 Å². The van der Waals surface area contributed by atoms with Crippen LogP contribution in [0.5, 0.6) is 0 Å². The second-order valence-electron chi connectivity index (χ2n) is 8.85. The van der Waals surface area contributed by atoms with E-state index in [0.29, 0.717) is 19.3 Å². The van der Waals surface area contributed by atoms with E-state index in [2.05, 4.69) is 10.6 Å². The first-order valence-electron chi connectivity index (χ1n) is 11.7. The minimum Gasteiger partial charge on any atom is -0.481 e. The zero-order valence-corrected chi connectivity index (χ0v) is 20.0. The van der Waals surface area contributed by atoms with Gasteiger partial charge in [-0.2, -0.15) is 0 Å². The lowest BCUT2D eigenvalue weighted by Gasteiger charge is -2.32. The van der Waals surface area contributed by atoms with Crippen molar-refractivity contribution in [3.8, 4) is 0 Å². The number of nitrogens with zero attached hydrogens (tertiary/aromatic N) is 1. The Hall–Kier alpha value is -3.47. The van der Waals surface area contributed by atoms with E-state index in [-0.39, 0.29) is 18.9 Å². The molecule has 1 fully saturated rings. The first kappa shape index (κ1) is 27.8. The zero-order valence-electron chi connectivity index (χ0n) is 20.0. The van der Waals surface area contributed by atoms with E-state index in [1.54, 1.807) is 37.3 Å². The van der Waals surface area contributed by atoms with E-state index in [0.717, 1.165) is 5.56 Å². The van der Waals surface area contributed by atoms with E-state index in [9.17, 15) is 29.1 Å². The van der Waals surface area contributed by atoms with Crippen LogP contribution in [0.3, 0.4) is 0 Å². The second-order valence-corrected chi connectivity index (χ2v) is 8.85. The molecular formula is C24H34N4O7. The highest BCUT2D eigenvalue weighted by Crippen LogP contribution is 2.22. The third-order valence-corrected chi connectivity index (χ3v) is 6.24. The number of aliphatic carboxylic acids is 2. The maximum atomic E-state index is 13.4. The molecule has 11 heteroatoms. The molecule has 0 spiro atoms. The zero-order chi connectivity index (χ0) is 26.1. The standard InChI is InChI=1S/C24H34N4O7/c1-3-14(2)20(27-21(31)16(25)13-19(29)30)23(33)28-11-7-10-18(28)22(32)26-17(24(34)35)12-15-8-5-4-6-9-15/h4-6,8-9,14,16-18,20H,3,7,10-13,25H2,1-2H3,(H,26,32)(H,27,31)(H,29,30)(H,34,35). The first-order chi connectivity index (χ1) is 16.5. The smallest absolute Gasteiger partial charge is 0.326 e. The monoisotopic (exact) mass is 490 g/mol. The van der Waals surface area contributed by atoms with Gasteiger partial charge in [0.2, 0.25) is 17.7 Å². The van der Waals surface area contributed by atoms with Crippen LogP contribution in [-0.4, -0.2) is 75.5 Å². The Bertz CT molecular complexity index is 924. The van der Waals surface area contributed by atoms with E-state index in [4.69, 9.17) is 10.8 Å². The van der Waals surface area contributed by atoms with Crippen molar-refractivity contribution < 1.29 is 34.2 Å². The number of nitrogens with one attached hydrogen (secondary N) is 2. The van der Waals surface area contributed by atoms with Gasteiger partial charge in [-0.05, 0) is 24.3 Å². The fourth-order valence-corrected chi connectivity index (χ4v) is 4.02. The summed E-state index contributed by atoms with van der Waals surface area (Å²) >= 11 is 0. The van der Waals surface area contributed by atoms with Crippen LogP contribution < -0.4 is 16.4 Å². The van der Waals surface area contributed by atoms with Crippen molar-refractivity contribution in [1.82, 2.24) is 15.5 Å². The van der Waals surface area contributed by atoms with Crippen molar-refractivity contribution in [2.24, 2.45) is 11.7 Å². The Morgan fingerprint density at radius 3 is 2.34 bits per heavy atom. The average Bonchev–Trinajstić information content (AvgIpc) is 3.31. The largest absolute Gasteiger partial charge is 0.481 e. The lowest BCUT2D eigenvalue weighted by atomic mass is 9.96. The highest BCUT2D eigenvalue weighted by atomic mass is 16.4. The predicted octanol–water partition coefficient (Wildman–Crippen LogP) is 0.122. The molecule has 6 N–H and O–H groups in total. The van der Waals surface area contributed by atoms with Gasteiger partial charge < -0.3 is 31.5 Å². The first-order valence-corrected chi connectivity index (χ1v) is 11.7. The fraction of sp³-hybridized carbons (Fsp3) is 0.542. The molecule has 192 valence electrons. The number of nitrogens with two attached hydrogens (primary N) is 1. The third-order valence-electron chi connectivity index (χ3n) is 6.24. The molecule has 0 aromatic heterocycles. The number of amides is 3. The Morgan fingerprint density at radius 2 is 1.77 bits per heavy atom. The van der Waals surface area contributed by atoms with Gasteiger partial charge in [-0.3, -0.25) is 19.2 Å². The van der Waals surface area contributed by atoms with Gasteiger partial charge in [-0.15, -0.1) is 0 Å². The number of hydrogen-bond acceptors (Lipinski definition) is 6. The number of rotatable bonds is 12. The van der Waals surface area contributed by atoms with Gasteiger partial charge in [-0.1, -0.05) is 50.6 Å². The highest BCUT2D eigenvalue weighted by molar-refractivity contribution is 5.95. The van der Waals surface area contributed by atoms with E-state index >= 15 is 0 Å². The Balaban J connectivity index is 2.14. The molecule has 1 aromatic rings. The normalized spacial score (nSPS) is 18.7. The predicted molar refractivity (Wildman–Crippen MR) is 126 cm³/mol. The molecule has 1 aromatic carbocycles. The van der Waals surface area contributed by atoms with Crippen LogP contribution >= 0.6 is 0 Å². The second kappa shape index (κ2) is 12.8. The molecule has 2 rings (SSSR count). The summed E-state index contributed by atoms with van der Waals surface area (Å²) in [6.07, 6.45) is 0.943. The Labute approximate surface area is 204 Å². The van der Waals surface area contributed by atoms with Gasteiger partial charge in [-0.25, -0.2) is 4.79 Å². The number of carbonyl (C=O) groups excluding carboxylic acids is 3. The Morgan fingerprint density at radius 1 is 1.11 bits per heavy atom. The molecule has 5 atom stereocenters. The number of carboxylic acid groups (broad SMARTS) is 2. The van der Waals surface area contributed by atoms with E-state index < -0.39 is 60.2 Å². The van der Waals surface area contributed by atoms with Crippen LogP contribution in [0.15, 0.2) is 30.3 Å². The van der Waals surface area contributed by atoms with Crippen LogP contribution in [0.1, 0.15) is 45.1 Å². The molecule has 0 radical (unpaired) electrons. The number of carboxylic acids is 2. The minimum atomic E-state index is -1.32. The van der Waals surface area contributed by atoms with Crippen molar-refractivity contribution in [3.63, 3.8) is 0 Å². The average molecular weight is 491 g/mol. The molecule has 5 unspecified atom stereocenters. The summed E-state index contributed by atoms with van der Waals surface area (Å²) in [5.41, 5.74) is 6.39. The third kappa shape index (κ3) is 7.78. The topological polar surface area (TPSA) is 179 Å². The van der Waals surface area contributed by atoms with Crippen molar-refractivity contribution >= 4 is 29.7 Å². The summed E-state index contributed by atoms with van der Waals surface area (Å²) in [5.74, 6) is -4.55. The van der Waals surface area contributed by atoms with Crippen LogP contribution in [0.4, 0.5) is 0 Å². The summed E-state index contributed by atoms with van der Waals surface area (Å²) in [4.78, 5) is 62.9. The van der Waals surface area contributed by atoms with Crippen molar-refractivity contribution in [2.75, 3.05) is 6.54 Å². The number of likely N-dealkylation sites (tertiary alicyclic amines) is 1. The van der Waals surface area contributed by atoms with Gasteiger partial charge in [0.1, 0.15) is 18.1 Å². The maximum Gasteiger partial charge on any atom is 0.326 e. The van der Waals surface area contributed by atoms with E-state index in [1.165, 1.54) is 4.90 Å². The van der Waals surface area contributed by atoms with Crippen molar-refractivity contribution in [2.45, 2.75) is 70.1 Å². The minimum absolute atomic E-state index is 0.0929. The van der Waals surface area contributed by atoms with Crippen molar-refractivity contribution in [1.29, 1.82) is 0 Å². The van der Waals surface area contributed by atoms with Crippen LogP contribution in [0.25, 0.3) is 0 Å². The lowest BCUT2D eigenvalue weighted by Crippen LogP contribution is -2.58. The van der Waals surface area contributed by atoms with Crippen LogP contribution in [0, 0.1) is 5.92 Å². The molecule has 0 saturated carbocycles. The summed E-state index contributed by atoms with van der Waals surface area (Å²) in [7, 11) is 0. The van der Waals surface area contributed by atoms with Gasteiger partial charge in [0, 0.05) is 13.0 Å². The molecule has 1 heterocycles. The summed E-state index contributed by atoms with van der Waals surface area (Å²) in [6, 6.07) is 4.53.